The minimum atomic E-state index is -0.811. The van der Waals surface area contributed by atoms with E-state index in [1.165, 1.54) is 6.92 Å². The van der Waals surface area contributed by atoms with Crippen LogP contribution in [0.25, 0.3) is 10.9 Å². The van der Waals surface area contributed by atoms with E-state index in [1.54, 1.807) is 29.7 Å². The summed E-state index contributed by atoms with van der Waals surface area (Å²) in [5, 5.41) is 16.0. The number of aromatic nitrogens is 1. The molecule has 2 aromatic carbocycles. The largest absolute Gasteiger partial charge is 0.489 e. The Kier molecular flexibility index (Phi) is 8.03. The van der Waals surface area contributed by atoms with Crippen LogP contribution in [0.2, 0.25) is 0 Å². The standard InChI is InChI=1S/C28H32N4O5/c1-18-15-21(24-5-3-4-6-25(24)29-18)17-37-23-9-7-20(8-10-23)27(35)31-28(16-26(34)32-36)13-11-22(12-14-28)30-19(2)33/h3-10,15,22,36H,11-14,16-17H2,1-2H3,(H,30,33)(H,31,35)(H,32,34)/t22-,28-. The summed E-state index contributed by atoms with van der Waals surface area (Å²) in [4.78, 5) is 41.1. The smallest absolute Gasteiger partial charge is 0.251 e. The van der Waals surface area contributed by atoms with Crippen molar-refractivity contribution in [3.05, 3.63) is 71.4 Å². The Hall–Kier alpha value is -3.98. The van der Waals surface area contributed by atoms with Gasteiger partial charge in [0.1, 0.15) is 12.4 Å². The van der Waals surface area contributed by atoms with Crippen molar-refractivity contribution in [2.75, 3.05) is 0 Å². The first-order valence-corrected chi connectivity index (χ1v) is 12.4. The number of para-hydroxylation sites is 1. The molecule has 9 nitrogen and oxygen atoms in total. The van der Waals surface area contributed by atoms with E-state index in [0.717, 1.165) is 22.2 Å². The zero-order chi connectivity index (χ0) is 26.4. The summed E-state index contributed by atoms with van der Waals surface area (Å²) in [5.74, 6) is -0.364. The van der Waals surface area contributed by atoms with Gasteiger partial charge in [-0.1, -0.05) is 18.2 Å². The van der Waals surface area contributed by atoms with E-state index in [9.17, 15) is 14.4 Å². The van der Waals surface area contributed by atoms with Crippen LogP contribution in [-0.4, -0.2) is 39.5 Å². The van der Waals surface area contributed by atoms with Crippen molar-refractivity contribution in [1.29, 1.82) is 0 Å². The molecule has 0 radical (unpaired) electrons. The first-order valence-electron chi connectivity index (χ1n) is 12.4. The molecule has 4 rings (SSSR count). The molecule has 1 aliphatic carbocycles. The molecule has 0 aliphatic heterocycles. The number of pyridine rings is 1. The van der Waals surface area contributed by atoms with Crippen LogP contribution in [0.4, 0.5) is 0 Å². The fourth-order valence-corrected chi connectivity index (χ4v) is 4.99. The molecule has 1 saturated carbocycles. The van der Waals surface area contributed by atoms with E-state index in [1.807, 2.05) is 37.3 Å². The number of benzene rings is 2. The minimum absolute atomic E-state index is 0.00236. The molecule has 1 fully saturated rings. The SMILES string of the molecule is CC(=O)N[C@H]1CC[C@](CC(=O)NO)(NC(=O)c2ccc(OCc3cc(C)nc4ccccc34)cc2)CC1. The number of carbonyl (C=O) groups is 3. The molecular weight excluding hydrogens is 472 g/mol. The molecule has 3 amide bonds. The van der Waals surface area contributed by atoms with E-state index >= 15 is 0 Å². The maximum Gasteiger partial charge on any atom is 0.251 e. The highest BCUT2D eigenvalue weighted by Gasteiger charge is 2.39. The van der Waals surface area contributed by atoms with Crippen molar-refractivity contribution >= 4 is 28.6 Å². The average molecular weight is 505 g/mol. The summed E-state index contributed by atoms with van der Waals surface area (Å²) < 4.78 is 6.00. The van der Waals surface area contributed by atoms with Crippen molar-refractivity contribution in [1.82, 2.24) is 21.1 Å². The summed E-state index contributed by atoms with van der Waals surface area (Å²) in [6, 6.07) is 16.8. The van der Waals surface area contributed by atoms with Gasteiger partial charge in [0.05, 0.1) is 11.9 Å². The zero-order valence-corrected chi connectivity index (χ0v) is 21.0. The number of hydroxylamine groups is 1. The van der Waals surface area contributed by atoms with Crippen LogP contribution in [0.3, 0.4) is 0 Å². The highest BCUT2D eigenvalue weighted by atomic mass is 16.5. The third-order valence-corrected chi connectivity index (χ3v) is 6.79. The van der Waals surface area contributed by atoms with Gasteiger partial charge in [0, 0.05) is 40.7 Å². The lowest BCUT2D eigenvalue weighted by molar-refractivity contribution is -0.131. The van der Waals surface area contributed by atoms with Crippen molar-refractivity contribution < 1.29 is 24.3 Å². The lowest BCUT2D eigenvalue weighted by atomic mass is 9.76. The summed E-state index contributed by atoms with van der Waals surface area (Å²) in [5.41, 5.74) is 4.15. The predicted octanol–water partition coefficient (Wildman–Crippen LogP) is 3.57. The number of hydrogen-bond donors (Lipinski definition) is 4. The molecule has 0 saturated heterocycles. The monoisotopic (exact) mass is 504 g/mol. The van der Waals surface area contributed by atoms with Crippen LogP contribution in [-0.2, 0) is 16.2 Å². The summed E-state index contributed by atoms with van der Waals surface area (Å²) in [6.07, 6.45) is 2.18. The highest BCUT2D eigenvalue weighted by molar-refractivity contribution is 5.95. The number of ether oxygens (including phenoxy) is 1. The molecule has 194 valence electrons. The molecule has 0 atom stereocenters. The molecule has 1 heterocycles. The van der Waals surface area contributed by atoms with Gasteiger partial charge in [-0.05, 0) is 69.0 Å². The van der Waals surface area contributed by atoms with Gasteiger partial charge in [0.25, 0.3) is 5.91 Å². The summed E-state index contributed by atoms with van der Waals surface area (Å²) in [6.45, 7) is 3.79. The molecule has 9 heteroatoms. The molecule has 0 spiro atoms. The number of amides is 3. The zero-order valence-electron chi connectivity index (χ0n) is 21.0. The first-order chi connectivity index (χ1) is 17.8. The Morgan fingerprint density at radius 1 is 1.08 bits per heavy atom. The normalized spacial score (nSPS) is 19.2. The van der Waals surface area contributed by atoms with E-state index in [0.29, 0.717) is 43.6 Å². The van der Waals surface area contributed by atoms with Gasteiger partial charge in [-0.3, -0.25) is 24.6 Å². The Morgan fingerprint density at radius 2 is 1.78 bits per heavy atom. The average Bonchev–Trinajstić information content (AvgIpc) is 2.88. The van der Waals surface area contributed by atoms with Crippen LogP contribution < -0.4 is 20.9 Å². The summed E-state index contributed by atoms with van der Waals surface area (Å²) >= 11 is 0. The number of aryl methyl sites for hydroxylation is 1. The maximum absolute atomic E-state index is 13.1. The third-order valence-electron chi connectivity index (χ3n) is 6.79. The van der Waals surface area contributed by atoms with Gasteiger partial charge < -0.3 is 15.4 Å². The van der Waals surface area contributed by atoms with E-state index in [-0.39, 0.29) is 24.3 Å². The molecule has 0 unspecified atom stereocenters. The number of rotatable bonds is 8. The van der Waals surface area contributed by atoms with Gasteiger partial charge in [-0.25, -0.2) is 5.48 Å². The maximum atomic E-state index is 13.1. The van der Waals surface area contributed by atoms with Crippen LogP contribution >= 0.6 is 0 Å². The van der Waals surface area contributed by atoms with E-state index < -0.39 is 11.4 Å². The van der Waals surface area contributed by atoms with Crippen molar-refractivity contribution in [3.8, 4) is 5.75 Å². The number of hydrogen-bond acceptors (Lipinski definition) is 6. The topological polar surface area (TPSA) is 130 Å². The fourth-order valence-electron chi connectivity index (χ4n) is 4.99. The van der Waals surface area contributed by atoms with Crippen molar-refractivity contribution in [3.63, 3.8) is 0 Å². The second-order valence-electron chi connectivity index (χ2n) is 9.67. The third kappa shape index (κ3) is 6.62. The first kappa shape index (κ1) is 26.1. The van der Waals surface area contributed by atoms with Crippen molar-refractivity contribution in [2.45, 2.75) is 64.1 Å². The lowest BCUT2D eigenvalue weighted by Gasteiger charge is -2.40. The second kappa shape index (κ2) is 11.4. The molecule has 37 heavy (non-hydrogen) atoms. The molecular formula is C28H32N4O5. The number of nitrogens with zero attached hydrogens (tertiary/aromatic N) is 1. The van der Waals surface area contributed by atoms with Crippen molar-refractivity contribution in [2.24, 2.45) is 0 Å². The Morgan fingerprint density at radius 3 is 2.46 bits per heavy atom. The van der Waals surface area contributed by atoms with E-state index in [2.05, 4.69) is 15.6 Å². The molecule has 4 N–H and O–H groups in total. The van der Waals surface area contributed by atoms with Gasteiger partial charge >= 0.3 is 0 Å². The molecule has 3 aromatic rings. The lowest BCUT2D eigenvalue weighted by Crippen LogP contribution is -2.55. The highest BCUT2D eigenvalue weighted by Crippen LogP contribution is 2.32. The van der Waals surface area contributed by atoms with E-state index in [4.69, 9.17) is 9.94 Å². The molecule has 1 aromatic heterocycles. The number of nitrogens with one attached hydrogen (secondary N) is 3. The van der Waals surface area contributed by atoms with Gasteiger partial charge in [0.2, 0.25) is 11.8 Å². The van der Waals surface area contributed by atoms with Gasteiger partial charge in [-0.15, -0.1) is 0 Å². The summed E-state index contributed by atoms with van der Waals surface area (Å²) in [7, 11) is 0. The molecule has 1 aliphatic rings. The fraction of sp³-hybridized carbons (Fsp3) is 0.357. The van der Waals surface area contributed by atoms with Crippen LogP contribution in [0.15, 0.2) is 54.6 Å². The predicted molar refractivity (Wildman–Crippen MR) is 138 cm³/mol. The number of carbonyl (C=O) groups excluding carboxylic acids is 3. The van der Waals surface area contributed by atoms with Gasteiger partial charge in [-0.2, -0.15) is 0 Å². The minimum Gasteiger partial charge on any atom is -0.489 e. The van der Waals surface area contributed by atoms with Crippen LogP contribution in [0.1, 0.15) is 60.6 Å². The van der Waals surface area contributed by atoms with Crippen LogP contribution in [0.5, 0.6) is 5.75 Å². The van der Waals surface area contributed by atoms with Crippen LogP contribution in [0, 0.1) is 6.92 Å². The second-order valence-corrected chi connectivity index (χ2v) is 9.67. The Bertz CT molecular complexity index is 1280. The Labute approximate surface area is 215 Å². The van der Waals surface area contributed by atoms with Gasteiger partial charge in [0.15, 0.2) is 0 Å². The Balaban J connectivity index is 1.41. The number of fused-ring (bicyclic) bond motifs is 1. The quantitative estimate of drug-likeness (QED) is 0.274. The molecule has 0 bridgehead atoms.